The lowest BCUT2D eigenvalue weighted by molar-refractivity contribution is -0.139. The van der Waals surface area contributed by atoms with Crippen molar-refractivity contribution < 1.29 is 19.0 Å². The van der Waals surface area contributed by atoms with Crippen LogP contribution >= 0.6 is 0 Å². The number of carbonyl (C=O) groups is 1. The normalized spacial score (nSPS) is 13.5. The fraction of sp³-hybridized carbons (Fsp3) is 0.129. The largest absolute Gasteiger partial charge is 0.462 e. The Morgan fingerprint density at radius 1 is 0.771 bits per heavy atom. The van der Waals surface area contributed by atoms with Crippen LogP contribution < -0.4 is 9.47 Å². The summed E-state index contributed by atoms with van der Waals surface area (Å²) >= 11 is 0. The zero-order valence-electron chi connectivity index (χ0n) is 19.6. The van der Waals surface area contributed by atoms with Gasteiger partial charge in [0.25, 0.3) is 0 Å². The minimum absolute atomic E-state index is 0.0165. The first-order chi connectivity index (χ1) is 17.1. The fourth-order valence-corrected chi connectivity index (χ4v) is 4.46. The first-order valence-corrected chi connectivity index (χ1v) is 11.7. The second kappa shape index (κ2) is 9.90. The van der Waals surface area contributed by atoms with Crippen molar-refractivity contribution in [2.75, 3.05) is 6.61 Å². The predicted molar refractivity (Wildman–Crippen MR) is 137 cm³/mol. The van der Waals surface area contributed by atoms with E-state index in [0.29, 0.717) is 23.5 Å². The van der Waals surface area contributed by atoms with Crippen molar-refractivity contribution in [3.05, 3.63) is 120 Å². The van der Waals surface area contributed by atoms with Crippen LogP contribution in [0.3, 0.4) is 0 Å². The molecule has 0 aliphatic heterocycles. The van der Waals surface area contributed by atoms with Gasteiger partial charge in [0.2, 0.25) is 0 Å². The topological polar surface area (TPSA) is 44.8 Å². The minimum Gasteiger partial charge on any atom is -0.462 e. The molecular formula is C31H26O4. The van der Waals surface area contributed by atoms with Gasteiger partial charge in [-0.15, -0.1) is 0 Å². The van der Waals surface area contributed by atoms with E-state index in [0.717, 1.165) is 28.2 Å². The molecule has 0 fully saturated rings. The Bertz CT molecular complexity index is 1360. The molecule has 1 aliphatic rings. The van der Waals surface area contributed by atoms with Gasteiger partial charge in [0, 0.05) is 17.1 Å². The predicted octanol–water partition coefficient (Wildman–Crippen LogP) is 7.89. The highest BCUT2D eigenvalue weighted by atomic mass is 16.5. The van der Waals surface area contributed by atoms with Crippen molar-refractivity contribution in [2.24, 2.45) is 0 Å². The van der Waals surface area contributed by atoms with Gasteiger partial charge in [-0.3, -0.25) is 0 Å². The molecule has 35 heavy (non-hydrogen) atoms. The van der Waals surface area contributed by atoms with Gasteiger partial charge in [-0.05, 0) is 60.4 Å². The number of carbonyl (C=O) groups excluding carboxylic acids is 1. The molecule has 0 heterocycles. The Morgan fingerprint density at radius 2 is 1.40 bits per heavy atom. The summed E-state index contributed by atoms with van der Waals surface area (Å²) in [6.45, 7) is 5.61. The molecule has 4 aromatic carbocycles. The molecule has 0 radical (unpaired) electrons. The van der Waals surface area contributed by atoms with Crippen LogP contribution in [0.5, 0.6) is 23.0 Å². The first kappa shape index (κ1) is 22.5. The highest BCUT2D eigenvalue weighted by molar-refractivity contribution is 5.87. The van der Waals surface area contributed by atoms with E-state index in [1.165, 1.54) is 5.56 Å². The first-order valence-electron chi connectivity index (χ1n) is 11.7. The van der Waals surface area contributed by atoms with Crippen molar-refractivity contribution in [3.8, 4) is 34.1 Å². The highest BCUT2D eigenvalue weighted by Gasteiger charge is 2.34. The van der Waals surface area contributed by atoms with E-state index >= 15 is 0 Å². The molecule has 0 saturated heterocycles. The Hall–Kier alpha value is -4.31. The molecule has 5 rings (SSSR count). The number of fused-ring (bicyclic) bond motifs is 3. The van der Waals surface area contributed by atoms with E-state index in [9.17, 15) is 4.79 Å². The van der Waals surface area contributed by atoms with E-state index in [1.807, 2.05) is 78.9 Å². The van der Waals surface area contributed by atoms with Crippen molar-refractivity contribution in [2.45, 2.75) is 19.3 Å². The van der Waals surface area contributed by atoms with Gasteiger partial charge in [-0.1, -0.05) is 73.3 Å². The highest BCUT2D eigenvalue weighted by Crippen LogP contribution is 2.54. The number of para-hydroxylation sites is 2. The maximum absolute atomic E-state index is 12.0. The Balaban J connectivity index is 1.59. The SMILES string of the molecule is C=C(C)C(=O)OCCC1c2ccccc2-c2ccc(Oc3ccccc3)c(Oc3ccccc3)c21. The maximum Gasteiger partial charge on any atom is 0.333 e. The van der Waals surface area contributed by atoms with Gasteiger partial charge in [-0.25, -0.2) is 4.79 Å². The molecule has 0 bridgehead atoms. The summed E-state index contributed by atoms with van der Waals surface area (Å²) in [5.41, 5.74) is 4.87. The standard InChI is InChI=1S/C31H26O4/c1-21(2)31(32)33-20-19-27-25-16-10-9-15-24(25)26-17-18-28(34-22-11-5-3-6-12-22)30(29(26)27)35-23-13-7-4-8-14-23/h3-18,27H,1,19-20H2,2H3. The third kappa shape index (κ3) is 4.69. The number of esters is 1. The molecule has 0 amide bonds. The van der Waals surface area contributed by atoms with E-state index in [4.69, 9.17) is 14.2 Å². The summed E-state index contributed by atoms with van der Waals surface area (Å²) in [6.07, 6.45) is 0.614. The number of hydrogen-bond donors (Lipinski definition) is 0. The smallest absolute Gasteiger partial charge is 0.333 e. The van der Waals surface area contributed by atoms with Crippen LogP contribution in [0.15, 0.2) is 109 Å². The molecular weight excluding hydrogens is 436 g/mol. The summed E-state index contributed by atoms with van der Waals surface area (Å²) in [7, 11) is 0. The van der Waals surface area contributed by atoms with Gasteiger partial charge in [0.1, 0.15) is 11.5 Å². The monoisotopic (exact) mass is 462 g/mol. The average molecular weight is 463 g/mol. The van der Waals surface area contributed by atoms with Crippen molar-refractivity contribution >= 4 is 5.97 Å². The lowest BCUT2D eigenvalue weighted by atomic mass is 9.93. The van der Waals surface area contributed by atoms with Gasteiger partial charge >= 0.3 is 5.97 Å². The summed E-state index contributed by atoms with van der Waals surface area (Å²) < 4.78 is 18.3. The number of benzene rings is 4. The molecule has 4 aromatic rings. The van der Waals surface area contributed by atoms with Gasteiger partial charge in [0.05, 0.1) is 6.61 Å². The van der Waals surface area contributed by atoms with Gasteiger partial charge < -0.3 is 14.2 Å². The molecule has 0 N–H and O–H groups in total. The molecule has 1 atom stereocenters. The summed E-state index contributed by atoms with van der Waals surface area (Å²) in [5, 5.41) is 0. The summed E-state index contributed by atoms with van der Waals surface area (Å²) in [6, 6.07) is 31.8. The Labute approximate surface area is 205 Å². The van der Waals surface area contributed by atoms with Gasteiger partial charge in [-0.2, -0.15) is 0 Å². The van der Waals surface area contributed by atoms with Crippen LogP contribution in [0.4, 0.5) is 0 Å². The fourth-order valence-electron chi connectivity index (χ4n) is 4.46. The third-order valence-corrected chi connectivity index (χ3v) is 6.06. The average Bonchev–Trinajstić information content (AvgIpc) is 3.20. The van der Waals surface area contributed by atoms with Crippen LogP contribution in [-0.4, -0.2) is 12.6 Å². The number of ether oxygens (including phenoxy) is 3. The zero-order chi connectivity index (χ0) is 24.2. The van der Waals surface area contributed by atoms with Crippen molar-refractivity contribution in [3.63, 3.8) is 0 Å². The molecule has 174 valence electrons. The van der Waals surface area contributed by atoms with E-state index in [-0.39, 0.29) is 18.5 Å². The number of rotatable bonds is 8. The summed E-state index contributed by atoms with van der Waals surface area (Å²) in [4.78, 5) is 12.0. The van der Waals surface area contributed by atoms with E-state index < -0.39 is 0 Å². The van der Waals surface area contributed by atoms with Crippen LogP contribution in [-0.2, 0) is 9.53 Å². The van der Waals surface area contributed by atoms with E-state index in [2.05, 4.69) is 24.8 Å². The van der Waals surface area contributed by atoms with Crippen LogP contribution in [0.25, 0.3) is 11.1 Å². The summed E-state index contributed by atoms with van der Waals surface area (Å²) in [5.74, 6) is 2.37. The maximum atomic E-state index is 12.0. The Kier molecular flexibility index (Phi) is 6.36. The van der Waals surface area contributed by atoms with Crippen LogP contribution in [0.1, 0.15) is 30.4 Å². The third-order valence-electron chi connectivity index (χ3n) is 6.06. The minimum atomic E-state index is -0.376. The quantitative estimate of drug-likeness (QED) is 0.197. The zero-order valence-corrected chi connectivity index (χ0v) is 19.6. The second-order valence-electron chi connectivity index (χ2n) is 8.53. The number of hydrogen-bond acceptors (Lipinski definition) is 4. The molecule has 0 spiro atoms. The van der Waals surface area contributed by atoms with Crippen molar-refractivity contribution in [1.29, 1.82) is 0 Å². The van der Waals surface area contributed by atoms with Crippen molar-refractivity contribution in [1.82, 2.24) is 0 Å². The van der Waals surface area contributed by atoms with E-state index in [1.54, 1.807) is 6.92 Å². The lowest BCUT2D eigenvalue weighted by Gasteiger charge is -2.20. The molecule has 1 unspecified atom stereocenters. The lowest BCUT2D eigenvalue weighted by Crippen LogP contribution is -2.10. The Morgan fingerprint density at radius 3 is 2.09 bits per heavy atom. The molecule has 1 aliphatic carbocycles. The van der Waals surface area contributed by atoms with Gasteiger partial charge in [0.15, 0.2) is 11.5 Å². The molecule has 0 saturated carbocycles. The van der Waals surface area contributed by atoms with Crippen LogP contribution in [0.2, 0.25) is 0 Å². The van der Waals surface area contributed by atoms with Crippen LogP contribution in [0, 0.1) is 0 Å². The molecule has 0 aromatic heterocycles. The molecule has 4 heteroatoms. The second-order valence-corrected chi connectivity index (χ2v) is 8.53. The molecule has 4 nitrogen and oxygen atoms in total.